The molecule has 13 heavy (non-hydrogen) atoms. The number of hydrogen-bond acceptors (Lipinski definition) is 4. The van der Waals surface area contributed by atoms with E-state index in [4.69, 9.17) is 0 Å². The van der Waals surface area contributed by atoms with Crippen molar-refractivity contribution in [2.24, 2.45) is 0 Å². The van der Waals surface area contributed by atoms with E-state index in [1.165, 1.54) is 17.1 Å². The topological polar surface area (TPSA) is 38.7 Å². The van der Waals surface area contributed by atoms with Gasteiger partial charge >= 0.3 is 0 Å². The van der Waals surface area contributed by atoms with Gasteiger partial charge in [-0.3, -0.25) is 4.98 Å². The normalized spacial score (nSPS) is 10.2. The fourth-order valence-electron chi connectivity index (χ4n) is 1.06. The predicted octanol–water partition coefficient (Wildman–Crippen LogP) is 2.16. The number of pyridine rings is 1. The van der Waals surface area contributed by atoms with Gasteiger partial charge in [0.2, 0.25) is 0 Å². The van der Waals surface area contributed by atoms with Gasteiger partial charge in [-0.05, 0) is 29.6 Å². The Hall–Kier alpha value is -1.29. The van der Waals surface area contributed by atoms with Crippen LogP contribution in [0, 0.1) is 0 Å². The minimum absolute atomic E-state index is 0.854. The van der Waals surface area contributed by atoms with Gasteiger partial charge in [0, 0.05) is 11.6 Å². The standard InChI is InChI=1S/C9H9N3S/c1-2-7-3-4-8(10-5-7)9-6-13-12-11-9/h3-6H,2H2,1H3. The molecule has 0 bridgehead atoms. The van der Waals surface area contributed by atoms with Gasteiger partial charge in [-0.25, -0.2) is 0 Å². The molecular formula is C9H9N3S. The van der Waals surface area contributed by atoms with Crippen molar-refractivity contribution in [2.45, 2.75) is 13.3 Å². The molecular weight excluding hydrogens is 182 g/mol. The maximum absolute atomic E-state index is 4.30. The highest BCUT2D eigenvalue weighted by molar-refractivity contribution is 7.03. The maximum atomic E-state index is 4.30. The highest BCUT2D eigenvalue weighted by Crippen LogP contribution is 2.14. The molecule has 2 aromatic heterocycles. The second-order valence-corrected chi connectivity index (χ2v) is 3.31. The molecule has 0 aliphatic heterocycles. The molecule has 2 rings (SSSR count). The van der Waals surface area contributed by atoms with Crippen LogP contribution in [0.25, 0.3) is 11.4 Å². The van der Waals surface area contributed by atoms with Crippen molar-refractivity contribution in [1.82, 2.24) is 14.6 Å². The quantitative estimate of drug-likeness (QED) is 0.730. The second kappa shape index (κ2) is 3.62. The molecule has 0 spiro atoms. The number of aromatic nitrogens is 3. The first-order valence-electron chi connectivity index (χ1n) is 4.12. The summed E-state index contributed by atoms with van der Waals surface area (Å²) in [6, 6.07) is 4.05. The van der Waals surface area contributed by atoms with Gasteiger partial charge in [0.25, 0.3) is 0 Å². The van der Waals surface area contributed by atoms with Crippen LogP contribution in [-0.4, -0.2) is 14.6 Å². The Morgan fingerprint density at radius 1 is 1.31 bits per heavy atom. The first-order chi connectivity index (χ1) is 6.40. The number of aryl methyl sites for hydroxylation is 1. The van der Waals surface area contributed by atoms with E-state index in [-0.39, 0.29) is 0 Å². The molecule has 0 aliphatic carbocycles. The van der Waals surface area contributed by atoms with Crippen molar-refractivity contribution in [3.63, 3.8) is 0 Å². The molecule has 0 unspecified atom stereocenters. The largest absolute Gasteiger partial charge is 0.254 e. The van der Waals surface area contributed by atoms with Crippen LogP contribution in [0.4, 0.5) is 0 Å². The molecule has 0 aliphatic rings. The molecule has 2 heterocycles. The zero-order valence-electron chi connectivity index (χ0n) is 7.27. The smallest absolute Gasteiger partial charge is 0.124 e. The van der Waals surface area contributed by atoms with Gasteiger partial charge in [0.05, 0.1) is 5.69 Å². The molecule has 4 heteroatoms. The Balaban J connectivity index is 2.33. The molecule has 3 nitrogen and oxygen atoms in total. The van der Waals surface area contributed by atoms with Crippen LogP contribution in [0.3, 0.4) is 0 Å². The second-order valence-electron chi connectivity index (χ2n) is 2.70. The molecule has 0 atom stereocenters. The highest BCUT2D eigenvalue weighted by atomic mass is 32.1. The summed E-state index contributed by atoms with van der Waals surface area (Å²) in [4.78, 5) is 4.30. The third kappa shape index (κ3) is 1.72. The van der Waals surface area contributed by atoms with Crippen LogP contribution in [0.15, 0.2) is 23.7 Å². The summed E-state index contributed by atoms with van der Waals surface area (Å²) in [6.45, 7) is 2.11. The molecule has 66 valence electrons. The lowest BCUT2D eigenvalue weighted by molar-refractivity contribution is 1.09. The van der Waals surface area contributed by atoms with Crippen molar-refractivity contribution in [3.05, 3.63) is 29.3 Å². The van der Waals surface area contributed by atoms with Crippen LogP contribution in [-0.2, 0) is 6.42 Å². The SMILES string of the molecule is CCc1ccc(-c2csnn2)nc1. The molecule has 0 fully saturated rings. The van der Waals surface area contributed by atoms with Crippen LogP contribution in [0.5, 0.6) is 0 Å². The summed E-state index contributed by atoms with van der Waals surface area (Å²) in [5, 5.41) is 5.84. The zero-order valence-corrected chi connectivity index (χ0v) is 8.08. The lowest BCUT2D eigenvalue weighted by atomic mass is 10.2. The minimum Gasteiger partial charge on any atom is -0.254 e. The Kier molecular flexibility index (Phi) is 2.31. The molecule has 0 saturated heterocycles. The van der Waals surface area contributed by atoms with Crippen molar-refractivity contribution < 1.29 is 0 Å². The summed E-state index contributed by atoms with van der Waals surface area (Å²) >= 11 is 1.34. The summed E-state index contributed by atoms with van der Waals surface area (Å²) in [5.41, 5.74) is 2.99. The van der Waals surface area contributed by atoms with E-state index in [2.05, 4.69) is 27.6 Å². The average molecular weight is 191 g/mol. The molecule has 2 aromatic rings. The van der Waals surface area contributed by atoms with E-state index in [0.29, 0.717) is 0 Å². The van der Waals surface area contributed by atoms with Gasteiger partial charge in [-0.15, -0.1) is 5.10 Å². The fraction of sp³-hybridized carbons (Fsp3) is 0.222. The monoisotopic (exact) mass is 191 g/mol. The van der Waals surface area contributed by atoms with Crippen molar-refractivity contribution in [2.75, 3.05) is 0 Å². The van der Waals surface area contributed by atoms with Gasteiger partial charge in [-0.2, -0.15) is 0 Å². The van der Waals surface area contributed by atoms with Gasteiger partial charge in [0.15, 0.2) is 0 Å². The Labute approximate surface area is 80.6 Å². The van der Waals surface area contributed by atoms with E-state index in [0.717, 1.165) is 17.8 Å². The van der Waals surface area contributed by atoms with E-state index in [9.17, 15) is 0 Å². The third-order valence-electron chi connectivity index (χ3n) is 1.86. The third-order valence-corrected chi connectivity index (χ3v) is 2.36. The molecule has 0 aromatic carbocycles. The minimum atomic E-state index is 0.854. The van der Waals surface area contributed by atoms with Crippen molar-refractivity contribution in [3.8, 4) is 11.4 Å². The number of rotatable bonds is 2. The van der Waals surface area contributed by atoms with Crippen LogP contribution >= 0.6 is 11.5 Å². The first-order valence-corrected chi connectivity index (χ1v) is 4.96. The summed E-state index contributed by atoms with van der Waals surface area (Å²) < 4.78 is 3.79. The fourth-order valence-corrected chi connectivity index (χ4v) is 1.51. The zero-order chi connectivity index (χ0) is 9.10. The van der Waals surface area contributed by atoms with Crippen LogP contribution < -0.4 is 0 Å². The van der Waals surface area contributed by atoms with E-state index >= 15 is 0 Å². The Bertz CT molecular complexity index is 366. The predicted molar refractivity (Wildman–Crippen MR) is 52.5 cm³/mol. The summed E-state index contributed by atoms with van der Waals surface area (Å²) in [6.07, 6.45) is 2.90. The van der Waals surface area contributed by atoms with Gasteiger partial charge < -0.3 is 0 Å². The molecule has 0 radical (unpaired) electrons. The average Bonchev–Trinajstić information content (AvgIpc) is 2.71. The molecule has 0 saturated carbocycles. The molecule has 0 amide bonds. The van der Waals surface area contributed by atoms with Crippen LogP contribution in [0.2, 0.25) is 0 Å². The molecule has 0 N–H and O–H groups in total. The van der Waals surface area contributed by atoms with Crippen molar-refractivity contribution in [1.29, 1.82) is 0 Å². The Morgan fingerprint density at radius 3 is 2.77 bits per heavy atom. The lowest BCUT2D eigenvalue weighted by Gasteiger charge is -1.96. The Morgan fingerprint density at radius 2 is 2.23 bits per heavy atom. The van der Waals surface area contributed by atoms with E-state index < -0.39 is 0 Å². The summed E-state index contributed by atoms with van der Waals surface area (Å²) in [7, 11) is 0. The number of hydrogen-bond donors (Lipinski definition) is 0. The van der Waals surface area contributed by atoms with Gasteiger partial charge in [0.1, 0.15) is 5.69 Å². The first kappa shape index (κ1) is 8.31. The maximum Gasteiger partial charge on any atom is 0.124 e. The number of nitrogens with zero attached hydrogens (tertiary/aromatic N) is 3. The van der Waals surface area contributed by atoms with E-state index in [1.807, 2.05) is 17.6 Å². The van der Waals surface area contributed by atoms with Crippen LogP contribution in [0.1, 0.15) is 12.5 Å². The van der Waals surface area contributed by atoms with Gasteiger partial charge in [-0.1, -0.05) is 17.5 Å². The lowest BCUT2D eigenvalue weighted by Crippen LogP contribution is -1.86. The van der Waals surface area contributed by atoms with E-state index in [1.54, 1.807) is 0 Å². The summed E-state index contributed by atoms with van der Waals surface area (Å²) in [5.74, 6) is 0. The highest BCUT2D eigenvalue weighted by Gasteiger charge is 2.01. The van der Waals surface area contributed by atoms with Crippen molar-refractivity contribution >= 4 is 11.5 Å².